The quantitative estimate of drug-likeness (QED) is 0.416. The Labute approximate surface area is 115 Å². The molecule has 2 rings (SSSR count). The molecule has 3 N–H and O–H groups in total. The summed E-state index contributed by atoms with van der Waals surface area (Å²) in [6, 6.07) is 0. The molecule has 0 aromatic heterocycles. The molecule has 1 saturated heterocycles. The zero-order valence-corrected chi connectivity index (χ0v) is 12.3. The summed E-state index contributed by atoms with van der Waals surface area (Å²) in [6.07, 6.45) is 4.33. The number of hydrogen-bond donors (Lipinski definition) is 3. The first kappa shape index (κ1) is 16.2. The lowest BCUT2D eigenvalue weighted by atomic mass is 9.90. The zero-order valence-electron chi connectivity index (χ0n) is 10.2. The van der Waals surface area contributed by atoms with Gasteiger partial charge in [-0.15, -0.1) is 0 Å². The molecule has 0 saturated carbocycles. The van der Waals surface area contributed by atoms with Crippen molar-refractivity contribution in [1.82, 2.24) is 5.32 Å². The van der Waals surface area contributed by atoms with Crippen LogP contribution in [0, 0.1) is 5.92 Å². The molecule has 3 atom stereocenters. The lowest BCUT2D eigenvalue weighted by molar-refractivity contribution is -0.0196. The molecule has 0 spiro atoms. The van der Waals surface area contributed by atoms with Gasteiger partial charge in [-0.2, -0.15) is 0 Å². The maximum atomic E-state index is 13.0. The van der Waals surface area contributed by atoms with Crippen molar-refractivity contribution in [3.63, 3.8) is 0 Å². The highest BCUT2D eigenvalue weighted by atomic mass is 32.1. The van der Waals surface area contributed by atoms with Gasteiger partial charge in [0.2, 0.25) is 0 Å². The minimum atomic E-state index is -2.83. The fourth-order valence-electron chi connectivity index (χ4n) is 2.03. The second-order valence-corrected chi connectivity index (χ2v) is 5.58. The van der Waals surface area contributed by atoms with Crippen LogP contribution in [0.4, 0.5) is 8.78 Å². The van der Waals surface area contributed by atoms with Gasteiger partial charge in [0.05, 0.1) is 12.0 Å². The summed E-state index contributed by atoms with van der Waals surface area (Å²) in [5, 5.41) is 3.22. The van der Waals surface area contributed by atoms with Gasteiger partial charge in [-0.3, -0.25) is 0 Å². The van der Waals surface area contributed by atoms with Crippen LogP contribution in [-0.4, -0.2) is 24.9 Å². The van der Waals surface area contributed by atoms with E-state index in [9.17, 15) is 8.78 Å². The minimum absolute atomic E-state index is 0.230. The number of thiol groups is 1. The van der Waals surface area contributed by atoms with Gasteiger partial charge in [-0.05, 0) is 45.3 Å². The molecule has 0 amide bonds. The lowest BCUT2D eigenvalue weighted by Gasteiger charge is -2.32. The lowest BCUT2D eigenvalue weighted by Crippen LogP contribution is -2.36. The van der Waals surface area contributed by atoms with Gasteiger partial charge < -0.3 is 15.2 Å². The maximum Gasteiger partial charge on any atom is 0.264 e. The number of halogens is 2. The summed E-state index contributed by atoms with van der Waals surface area (Å²) in [5.74, 6) is -0.859. The van der Waals surface area contributed by atoms with E-state index in [1.54, 1.807) is 6.08 Å². The van der Waals surface area contributed by atoms with Crippen molar-refractivity contribution in [1.29, 1.82) is 0 Å². The van der Waals surface area contributed by atoms with E-state index in [-0.39, 0.29) is 6.42 Å². The number of nitrogens with two attached hydrogens (primary N) is 1. The average Bonchev–Trinajstić information content (AvgIpc) is 2.85. The van der Waals surface area contributed by atoms with Crippen LogP contribution in [0.1, 0.15) is 25.7 Å². The molecule has 1 aliphatic carbocycles. The van der Waals surface area contributed by atoms with Crippen molar-refractivity contribution in [3.05, 3.63) is 11.8 Å². The molecule has 0 aromatic rings. The van der Waals surface area contributed by atoms with Crippen LogP contribution >= 0.6 is 22.1 Å². The highest BCUT2D eigenvalue weighted by molar-refractivity contribution is 7.75. The second-order valence-electron chi connectivity index (χ2n) is 4.60. The van der Waals surface area contributed by atoms with Gasteiger partial charge in [0.15, 0.2) is 0 Å². The van der Waals surface area contributed by atoms with Crippen LogP contribution < -0.4 is 11.1 Å². The first-order valence-corrected chi connectivity index (χ1v) is 7.01. The first-order chi connectivity index (χ1) is 8.45. The van der Waals surface area contributed by atoms with Crippen molar-refractivity contribution in [2.24, 2.45) is 11.7 Å². The number of nitrogens with one attached hydrogen (secondary N) is 1. The van der Waals surface area contributed by atoms with Gasteiger partial charge in [-0.1, -0.05) is 15.3 Å². The maximum absolute atomic E-state index is 13.0. The number of rotatable bonds is 2. The largest absolute Gasteiger partial charge is 0.402 e. The fraction of sp³-hybridized carbons (Fsp3) is 0.818. The highest BCUT2D eigenvalue weighted by Crippen LogP contribution is 2.41. The van der Waals surface area contributed by atoms with E-state index in [0.29, 0.717) is 12.1 Å². The standard InChI is InChI=1S/C7H12F2NOPS.C4H9N/c8-7(9,12)5-2-1-4(10)3-6(5)11-13;1-2-4-5-3-1/h1,5-6,13H,2-3,10,12H2;5H,1-4H2/t5-,6+;/m0./s1. The van der Waals surface area contributed by atoms with E-state index in [2.05, 4.69) is 22.4 Å². The van der Waals surface area contributed by atoms with Crippen LogP contribution in [0.5, 0.6) is 0 Å². The minimum Gasteiger partial charge on any atom is -0.402 e. The second kappa shape index (κ2) is 7.63. The van der Waals surface area contributed by atoms with E-state index in [0.717, 1.165) is 0 Å². The zero-order chi connectivity index (χ0) is 13.6. The molecule has 0 radical (unpaired) electrons. The van der Waals surface area contributed by atoms with Crippen LogP contribution in [0.2, 0.25) is 0 Å². The molecule has 1 unspecified atom stereocenters. The number of alkyl halides is 2. The van der Waals surface area contributed by atoms with E-state index in [1.165, 1.54) is 35.2 Å². The van der Waals surface area contributed by atoms with E-state index >= 15 is 0 Å². The Bertz CT molecular complexity index is 275. The molecule has 0 aromatic carbocycles. The van der Waals surface area contributed by atoms with E-state index in [1.807, 2.05) is 0 Å². The Morgan fingerprint density at radius 2 is 2.06 bits per heavy atom. The summed E-state index contributed by atoms with van der Waals surface area (Å²) >= 11 is 3.57. The van der Waals surface area contributed by atoms with Gasteiger partial charge in [-0.25, -0.2) is 8.78 Å². The third kappa shape index (κ3) is 5.39. The van der Waals surface area contributed by atoms with E-state index < -0.39 is 17.7 Å². The topological polar surface area (TPSA) is 47.3 Å². The molecule has 3 nitrogen and oxygen atoms in total. The van der Waals surface area contributed by atoms with Crippen LogP contribution in [0.25, 0.3) is 0 Å². The van der Waals surface area contributed by atoms with Crippen molar-refractivity contribution in [2.75, 3.05) is 13.1 Å². The summed E-state index contributed by atoms with van der Waals surface area (Å²) in [4.78, 5) is 0. The smallest absolute Gasteiger partial charge is 0.264 e. The SMILES string of the molecule is C1CCNC1.NC1=CC[C@H](C(F)(F)P)[C@H](OS)C1. The van der Waals surface area contributed by atoms with Crippen molar-refractivity contribution in [2.45, 2.75) is 37.5 Å². The Morgan fingerprint density at radius 1 is 1.44 bits per heavy atom. The molecular weight excluding hydrogens is 277 g/mol. The molecular formula is C11H21F2N2OPS. The predicted molar refractivity (Wildman–Crippen MR) is 75.6 cm³/mol. The highest BCUT2D eigenvalue weighted by Gasteiger charge is 2.41. The summed E-state index contributed by atoms with van der Waals surface area (Å²) in [6.45, 7) is 2.50. The number of allylic oxidation sites excluding steroid dienone is 1. The van der Waals surface area contributed by atoms with Gasteiger partial charge >= 0.3 is 0 Å². The summed E-state index contributed by atoms with van der Waals surface area (Å²) in [7, 11) is 1.53. The van der Waals surface area contributed by atoms with Crippen LogP contribution in [0.3, 0.4) is 0 Å². The van der Waals surface area contributed by atoms with Gasteiger partial charge in [0, 0.05) is 12.1 Å². The normalized spacial score (nSPS) is 28.3. The van der Waals surface area contributed by atoms with Crippen molar-refractivity contribution >= 4 is 22.1 Å². The Balaban J connectivity index is 0.000000269. The first-order valence-electron chi connectivity index (χ1n) is 6.07. The summed E-state index contributed by atoms with van der Waals surface area (Å²) in [5.41, 5.74) is 3.26. The Kier molecular flexibility index (Phi) is 6.85. The van der Waals surface area contributed by atoms with E-state index in [4.69, 9.17) is 5.73 Å². The Hall–Kier alpha value is 0.1000. The van der Waals surface area contributed by atoms with Gasteiger partial charge in [0.1, 0.15) is 0 Å². The van der Waals surface area contributed by atoms with Crippen molar-refractivity contribution in [3.8, 4) is 0 Å². The fourth-order valence-corrected chi connectivity index (χ4v) is 2.60. The predicted octanol–water partition coefficient (Wildman–Crippen LogP) is 2.31. The molecule has 0 bridgehead atoms. The molecule has 18 heavy (non-hydrogen) atoms. The monoisotopic (exact) mass is 298 g/mol. The average molecular weight is 298 g/mol. The molecule has 1 fully saturated rings. The third-order valence-corrected chi connectivity index (χ3v) is 3.81. The molecule has 1 heterocycles. The van der Waals surface area contributed by atoms with Gasteiger partial charge in [0.25, 0.3) is 5.66 Å². The number of hydrogen-bond acceptors (Lipinski definition) is 4. The summed E-state index contributed by atoms with van der Waals surface area (Å²) < 4.78 is 30.6. The van der Waals surface area contributed by atoms with Crippen molar-refractivity contribution < 1.29 is 13.0 Å². The van der Waals surface area contributed by atoms with Crippen LogP contribution in [-0.2, 0) is 4.18 Å². The molecule has 106 valence electrons. The molecule has 2 aliphatic rings. The molecule has 7 heteroatoms. The molecule has 1 aliphatic heterocycles. The third-order valence-electron chi connectivity index (χ3n) is 3.11. The Morgan fingerprint density at radius 3 is 2.44 bits per heavy atom. The van der Waals surface area contributed by atoms with Crippen LogP contribution in [0.15, 0.2) is 11.8 Å².